The summed E-state index contributed by atoms with van der Waals surface area (Å²) in [6, 6.07) is 1.94. The van der Waals surface area contributed by atoms with Gasteiger partial charge in [-0.15, -0.1) is 0 Å². The predicted molar refractivity (Wildman–Crippen MR) is 112 cm³/mol. The molecule has 9 nitrogen and oxygen atoms in total. The topological polar surface area (TPSA) is 139 Å². The highest BCUT2D eigenvalue weighted by atomic mass is 16.6. The van der Waals surface area contributed by atoms with Crippen molar-refractivity contribution in [3.8, 4) is 0 Å². The number of fused-ring (bicyclic) bond motifs is 5. The third-order valence-corrected chi connectivity index (χ3v) is 11.1. The highest BCUT2D eigenvalue weighted by Crippen LogP contribution is 2.79. The van der Waals surface area contributed by atoms with E-state index < -0.39 is 69.2 Å². The zero-order chi connectivity index (χ0) is 24.3. The minimum Gasteiger partial charge on any atom is -0.472 e. The normalized spacial score (nSPS) is 61.3. The van der Waals surface area contributed by atoms with Gasteiger partial charge in [-0.1, -0.05) is 13.8 Å². The summed E-state index contributed by atoms with van der Waals surface area (Å²) in [5.74, 6) is -2.17. The van der Waals surface area contributed by atoms with Gasteiger partial charge in [0.05, 0.1) is 36.4 Å². The maximum Gasteiger partial charge on any atom is 0.339 e. The first-order valence-corrected chi connectivity index (χ1v) is 12.0. The van der Waals surface area contributed by atoms with Crippen molar-refractivity contribution in [2.24, 2.45) is 16.7 Å². The standard InChI is InChI=1S/C25H30O9/c1-20-9-13-17(22(3,29)25(20)16(33-25)7-12(20)11-5-6-31-10-11)21(2)15(32-13)8-14(26)23(4)24(21,30)18(27)19(28)34-23/h5-6,10,12-13,15-18,27,29-30H,7-9H2,1-4H3/t12-,13+,15-,16+,17+,18+,20-,21+,22+,23-,24?,25+/m0/s1. The predicted octanol–water partition coefficient (Wildman–Crippen LogP) is 0.836. The minimum atomic E-state index is -2.27. The molecule has 3 aliphatic carbocycles. The van der Waals surface area contributed by atoms with E-state index in [1.165, 1.54) is 6.92 Å². The van der Waals surface area contributed by atoms with Gasteiger partial charge >= 0.3 is 5.97 Å². The van der Waals surface area contributed by atoms with Gasteiger partial charge in [0.25, 0.3) is 0 Å². The lowest BCUT2D eigenvalue weighted by Crippen LogP contribution is -2.78. The Bertz CT molecular complexity index is 1130. The van der Waals surface area contributed by atoms with Gasteiger partial charge in [0.2, 0.25) is 0 Å². The molecule has 4 heterocycles. The van der Waals surface area contributed by atoms with Crippen LogP contribution in [0.3, 0.4) is 0 Å². The van der Waals surface area contributed by atoms with Crippen LogP contribution in [0.1, 0.15) is 58.4 Å². The number of carbonyl (C=O) groups is 2. The zero-order valence-corrected chi connectivity index (χ0v) is 19.6. The molecule has 0 radical (unpaired) electrons. The summed E-state index contributed by atoms with van der Waals surface area (Å²) in [5, 5.41) is 35.5. The lowest BCUT2D eigenvalue weighted by molar-refractivity contribution is -0.259. The molecule has 1 spiro atoms. The Hall–Kier alpha value is -1.78. The zero-order valence-electron chi connectivity index (χ0n) is 19.6. The summed E-state index contributed by atoms with van der Waals surface area (Å²) >= 11 is 0. The van der Waals surface area contributed by atoms with Crippen molar-refractivity contribution < 1.29 is 43.5 Å². The number of furan rings is 1. The molecule has 0 aromatic carbocycles. The van der Waals surface area contributed by atoms with Gasteiger partial charge in [0.1, 0.15) is 5.60 Å². The number of hydrogen-bond acceptors (Lipinski definition) is 9. The Labute approximate surface area is 196 Å². The number of ether oxygens (including phenoxy) is 3. The van der Waals surface area contributed by atoms with Crippen molar-refractivity contribution in [3.63, 3.8) is 0 Å². The van der Waals surface area contributed by atoms with Crippen molar-refractivity contribution in [1.29, 1.82) is 0 Å². The summed E-state index contributed by atoms with van der Waals surface area (Å²) < 4.78 is 23.5. The van der Waals surface area contributed by atoms with Gasteiger partial charge in [-0.3, -0.25) is 4.79 Å². The summed E-state index contributed by atoms with van der Waals surface area (Å²) in [7, 11) is 0. The lowest BCUT2D eigenvalue weighted by Gasteiger charge is -2.61. The van der Waals surface area contributed by atoms with Gasteiger partial charge in [0.15, 0.2) is 23.1 Å². The Balaban J connectivity index is 1.40. The number of ketones is 1. The first-order chi connectivity index (χ1) is 15.8. The van der Waals surface area contributed by atoms with Crippen molar-refractivity contribution in [2.75, 3.05) is 0 Å². The average Bonchev–Trinajstić information content (AvgIpc) is 3.00. The molecule has 7 rings (SSSR count). The van der Waals surface area contributed by atoms with Crippen LogP contribution in [0.25, 0.3) is 0 Å². The van der Waals surface area contributed by atoms with Gasteiger partial charge in [-0.25, -0.2) is 4.79 Å². The van der Waals surface area contributed by atoms with Crippen LogP contribution >= 0.6 is 0 Å². The van der Waals surface area contributed by atoms with Crippen LogP contribution in [0.15, 0.2) is 23.0 Å². The van der Waals surface area contributed by atoms with Gasteiger partial charge in [-0.2, -0.15) is 0 Å². The van der Waals surface area contributed by atoms with Crippen LogP contribution in [0.4, 0.5) is 0 Å². The second kappa shape index (κ2) is 5.62. The number of esters is 1. The van der Waals surface area contributed by atoms with E-state index in [-0.39, 0.29) is 18.4 Å². The van der Waals surface area contributed by atoms with Crippen molar-refractivity contribution in [3.05, 3.63) is 24.2 Å². The highest BCUT2D eigenvalue weighted by molar-refractivity contribution is 5.97. The van der Waals surface area contributed by atoms with Crippen LogP contribution in [0.5, 0.6) is 0 Å². The number of Topliss-reactive ketones (excluding diaryl/α,β-unsaturated/α-hetero) is 1. The summed E-state index contributed by atoms with van der Waals surface area (Å²) in [5.41, 5.74) is -7.38. The average molecular weight is 475 g/mol. The van der Waals surface area contributed by atoms with Gasteiger partial charge in [-0.05, 0) is 44.2 Å². The maximum absolute atomic E-state index is 13.2. The molecule has 6 fully saturated rings. The van der Waals surface area contributed by atoms with E-state index in [1.54, 1.807) is 26.4 Å². The molecule has 3 N–H and O–H groups in total. The van der Waals surface area contributed by atoms with Gasteiger partial charge in [0, 0.05) is 23.2 Å². The minimum absolute atomic E-state index is 0.0772. The number of aliphatic hydroxyl groups is 3. The molecule has 0 bridgehead atoms. The number of epoxide rings is 1. The quantitative estimate of drug-likeness (QED) is 0.399. The van der Waals surface area contributed by atoms with E-state index in [2.05, 4.69) is 6.92 Å². The van der Waals surface area contributed by atoms with E-state index in [0.29, 0.717) is 6.42 Å². The molecule has 184 valence electrons. The van der Waals surface area contributed by atoms with E-state index in [9.17, 15) is 24.9 Å². The van der Waals surface area contributed by atoms with E-state index in [4.69, 9.17) is 18.6 Å². The molecule has 9 heteroatoms. The third kappa shape index (κ3) is 1.79. The van der Waals surface area contributed by atoms with Crippen LogP contribution in [-0.2, 0) is 23.8 Å². The van der Waals surface area contributed by atoms with Crippen molar-refractivity contribution >= 4 is 11.8 Å². The SMILES string of the molecule is C[C@]12[C@H](CC(=O)[C@]3(C)OC(=O)[C@@H](O)C13O)O[C@@H]1C[C@@]3(C)[C@H](c4ccoc4)C[C@H]4O[C@]43[C@](C)(O)[C@H]12. The largest absolute Gasteiger partial charge is 0.472 e. The van der Waals surface area contributed by atoms with Crippen LogP contribution in [0, 0.1) is 16.7 Å². The molecular weight excluding hydrogens is 444 g/mol. The molecule has 3 saturated carbocycles. The molecule has 3 aliphatic heterocycles. The van der Waals surface area contributed by atoms with Crippen LogP contribution in [0.2, 0.25) is 0 Å². The second-order valence-electron chi connectivity index (χ2n) is 12.1. The van der Waals surface area contributed by atoms with Gasteiger partial charge < -0.3 is 33.9 Å². The smallest absolute Gasteiger partial charge is 0.339 e. The molecule has 0 amide bonds. The Morgan fingerprint density at radius 1 is 1.09 bits per heavy atom. The molecule has 34 heavy (non-hydrogen) atoms. The third-order valence-electron chi connectivity index (χ3n) is 11.1. The summed E-state index contributed by atoms with van der Waals surface area (Å²) in [6.45, 7) is 6.90. The second-order valence-corrected chi connectivity index (χ2v) is 12.1. The van der Waals surface area contributed by atoms with E-state index in [1.807, 2.05) is 6.07 Å². The fourth-order valence-electron chi connectivity index (χ4n) is 9.66. The van der Waals surface area contributed by atoms with Crippen LogP contribution < -0.4 is 0 Å². The molecule has 12 atom stereocenters. The molecule has 3 saturated heterocycles. The maximum atomic E-state index is 13.2. The Morgan fingerprint density at radius 2 is 1.82 bits per heavy atom. The van der Waals surface area contributed by atoms with Crippen molar-refractivity contribution in [2.45, 2.75) is 99.7 Å². The monoisotopic (exact) mass is 474 g/mol. The molecular formula is C25H30O9. The van der Waals surface area contributed by atoms with E-state index in [0.717, 1.165) is 12.0 Å². The highest BCUT2D eigenvalue weighted by Gasteiger charge is 2.91. The number of hydrogen-bond donors (Lipinski definition) is 3. The fraction of sp³-hybridized carbons (Fsp3) is 0.760. The summed E-state index contributed by atoms with van der Waals surface area (Å²) in [4.78, 5) is 25.7. The van der Waals surface area contributed by atoms with Crippen LogP contribution in [-0.4, -0.2) is 73.9 Å². The molecule has 1 unspecified atom stereocenters. The first-order valence-electron chi connectivity index (χ1n) is 12.0. The first kappa shape index (κ1) is 21.5. The molecule has 6 aliphatic rings. The van der Waals surface area contributed by atoms with E-state index >= 15 is 0 Å². The number of rotatable bonds is 1. The van der Waals surface area contributed by atoms with Crippen molar-refractivity contribution in [1.82, 2.24) is 0 Å². The molecule has 1 aromatic rings. The Morgan fingerprint density at radius 3 is 2.50 bits per heavy atom. The fourth-order valence-corrected chi connectivity index (χ4v) is 9.66. The lowest BCUT2D eigenvalue weighted by atomic mass is 9.43. The summed E-state index contributed by atoms with van der Waals surface area (Å²) in [6.07, 6.45) is 1.09. The number of aliphatic hydroxyl groups excluding tert-OH is 1. The molecule has 1 aromatic heterocycles. The Kier molecular flexibility index (Phi) is 3.55. The number of carbonyl (C=O) groups excluding carboxylic acids is 2.